The summed E-state index contributed by atoms with van der Waals surface area (Å²) in [5.74, 6) is 1.98. The summed E-state index contributed by atoms with van der Waals surface area (Å²) in [6.45, 7) is 13.2. The number of hydrogen-bond donors (Lipinski definition) is 2. The second-order valence-electron chi connectivity index (χ2n) is 12.1. The highest BCUT2D eigenvalue weighted by molar-refractivity contribution is 9.09. The molecule has 240 valence electrons. The molecule has 5 rings (SSSR count). The SMILES string of the molecule is CC1=NCc2nc(Nc3cc(C)c(C4CCN(C(=O)CBr)CC4)cc3OC(C)C)nc(Nc3ccccc3S(=O)(=O)C(C)C)c21. The zero-order chi connectivity index (χ0) is 32.5. The molecular formula is C33H41BrN6O4S. The number of sulfone groups is 1. The molecule has 0 atom stereocenters. The molecule has 2 aromatic carbocycles. The van der Waals surface area contributed by atoms with Crippen molar-refractivity contribution in [2.75, 3.05) is 29.1 Å². The van der Waals surface area contributed by atoms with Crippen LogP contribution in [-0.2, 0) is 21.2 Å². The number of aromatic nitrogens is 2. The van der Waals surface area contributed by atoms with Gasteiger partial charge in [-0.05, 0) is 95.7 Å². The Balaban J connectivity index is 1.49. The van der Waals surface area contributed by atoms with E-state index < -0.39 is 15.1 Å². The van der Waals surface area contributed by atoms with Crippen molar-refractivity contribution in [1.82, 2.24) is 14.9 Å². The van der Waals surface area contributed by atoms with Crippen LogP contribution in [0.4, 0.5) is 23.1 Å². The summed E-state index contributed by atoms with van der Waals surface area (Å²) in [5.41, 5.74) is 5.83. The highest BCUT2D eigenvalue weighted by atomic mass is 79.9. The molecular weight excluding hydrogens is 656 g/mol. The summed E-state index contributed by atoms with van der Waals surface area (Å²) in [4.78, 5) is 28.5. The first-order chi connectivity index (χ1) is 21.4. The molecule has 12 heteroatoms. The van der Waals surface area contributed by atoms with Gasteiger partial charge in [-0.25, -0.2) is 13.4 Å². The van der Waals surface area contributed by atoms with Crippen molar-refractivity contribution in [3.8, 4) is 5.75 Å². The quantitative estimate of drug-likeness (QED) is 0.225. The van der Waals surface area contributed by atoms with E-state index in [1.807, 2.05) is 25.7 Å². The van der Waals surface area contributed by atoms with Crippen molar-refractivity contribution in [2.24, 2.45) is 4.99 Å². The van der Waals surface area contributed by atoms with Crippen LogP contribution in [0.2, 0.25) is 0 Å². The number of nitrogens with zero attached hydrogens (tertiary/aromatic N) is 4. The first-order valence-corrected chi connectivity index (χ1v) is 18.0. The largest absolute Gasteiger partial charge is 0.489 e. The standard InChI is InChI=1S/C33H41BrN6O4S/c1-19(2)44-28-16-24(23-11-13-40(14-12-23)30(41)17-34)21(5)15-26(28)37-33-38-27-18-35-22(6)31(27)32(39-33)36-25-9-7-8-10-29(25)45(42,43)20(3)4/h7-10,15-16,19-20,23H,11-14,17-18H2,1-6H3,(H2,36,37,38,39). The fraction of sp³-hybridized carbons (Fsp3) is 0.455. The lowest BCUT2D eigenvalue weighted by Gasteiger charge is -2.33. The fourth-order valence-electron chi connectivity index (χ4n) is 5.86. The lowest BCUT2D eigenvalue weighted by molar-refractivity contribution is -0.129. The molecule has 3 aromatic rings. The average Bonchev–Trinajstić information content (AvgIpc) is 3.38. The van der Waals surface area contributed by atoms with Crippen molar-refractivity contribution >= 4 is 60.5 Å². The molecule has 10 nitrogen and oxygen atoms in total. The third-order valence-corrected chi connectivity index (χ3v) is 10.9. The molecule has 2 N–H and O–H groups in total. The average molecular weight is 698 g/mol. The van der Waals surface area contributed by atoms with Crippen LogP contribution in [0.5, 0.6) is 5.75 Å². The third-order valence-electron chi connectivity index (χ3n) is 8.26. The Morgan fingerprint density at radius 2 is 1.76 bits per heavy atom. The van der Waals surface area contributed by atoms with Gasteiger partial charge < -0.3 is 20.3 Å². The van der Waals surface area contributed by atoms with Gasteiger partial charge in [-0.15, -0.1) is 0 Å². The molecule has 1 amide bonds. The fourth-order valence-corrected chi connectivity index (χ4v) is 7.41. The van der Waals surface area contributed by atoms with Crippen LogP contribution >= 0.6 is 15.9 Å². The first kappa shape index (κ1) is 32.9. The van der Waals surface area contributed by atoms with Crippen LogP contribution in [0.15, 0.2) is 46.3 Å². The molecule has 3 heterocycles. The Hall–Kier alpha value is -3.51. The van der Waals surface area contributed by atoms with Gasteiger partial charge in [0.15, 0.2) is 9.84 Å². The molecule has 1 fully saturated rings. The van der Waals surface area contributed by atoms with Crippen LogP contribution in [0.1, 0.15) is 75.8 Å². The zero-order valence-electron chi connectivity index (χ0n) is 26.6. The number of carbonyl (C=O) groups excluding carboxylic acids is 1. The minimum atomic E-state index is -3.55. The van der Waals surface area contributed by atoms with E-state index in [4.69, 9.17) is 14.7 Å². The van der Waals surface area contributed by atoms with Crippen molar-refractivity contribution in [1.29, 1.82) is 0 Å². The van der Waals surface area contributed by atoms with E-state index in [-0.39, 0.29) is 16.9 Å². The number of carbonyl (C=O) groups is 1. The summed E-state index contributed by atoms with van der Waals surface area (Å²) in [6.07, 6.45) is 1.72. The predicted molar refractivity (Wildman–Crippen MR) is 183 cm³/mol. The Morgan fingerprint density at radius 3 is 2.42 bits per heavy atom. The summed E-state index contributed by atoms with van der Waals surface area (Å²) < 4.78 is 32.6. The molecule has 0 bridgehead atoms. The number of nitrogens with one attached hydrogen (secondary N) is 2. The van der Waals surface area contributed by atoms with Gasteiger partial charge in [0.2, 0.25) is 11.9 Å². The van der Waals surface area contributed by atoms with E-state index in [2.05, 4.69) is 50.6 Å². The Labute approximate surface area is 274 Å². The summed E-state index contributed by atoms with van der Waals surface area (Å²) in [6, 6.07) is 11.1. The maximum Gasteiger partial charge on any atom is 0.233 e. The van der Waals surface area contributed by atoms with E-state index in [1.54, 1.807) is 38.1 Å². The van der Waals surface area contributed by atoms with Crippen LogP contribution in [0, 0.1) is 6.92 Å². The highest BCUT2D eigenvalue weighted by Crippen LogP contribution is 2.39. The number of ether oxygens (including phenoxy) is 1. The number of anilines is 4. The maximum atomic E-state index is 13.2. The van der Waals surface area contributed by atoms with Crippen molar-refractivity contribution < 1.29 is 17.9 Å². The maximum absolute atomic E-state index is 13.2. The molecule has 1 saturated heterocycles. The lowest BCUT2D eigenvalue weighted by Crippen LogP contribution is -2.38. The van der Waals surface area contributed by atoms with Crippen LogP contribution in [-0.4, -0.2) is 64.7 Å². The molecule has 2 aliphatic heterocycles. The van der Waals surface area contributed by atoms with E-state index in [0.29, 0.717) is 41.0 Å². The molecule has 0 saturated carbocycles. The molecule has 45 heavy (non-hydrogen) atoms. The van der Waals surface area contributed by atoms with Crippen LogP contribution in [0.25, 0.3) is 0 Å². The highest BCUT2D eigenvalue weighted by Gasteiger charge is 2.28. The Bertz CT molecular complexity index is 1730. The third kappa shape index (κ3) is 7.01. The minimum absolute atomic E-state index is 0.0619. The molecule has 0 aliphatic carbocycles. The number of fused-ring (bicyclic) bond motifs is 1. The van der Waals surface area contributed by atoms with Gasteiger partial charge in [0.05, 0.1) is 50.8 Å². The predicted octanol–water partition coefficient (Wildman–Crippen LogP) is 6.67. The first-order valence-electron chi connectivity index (χ1n) is 15.3. The minimum Gasteiger partial charge on any atom is -0.489 e. The second-order valence-corrected chi connectivity index (χ2v) is 15.2. The number of halogens is 1. The molecule has 0 radical (unpaired) electrons. The topological polar surface area (TPSA) is 126 Å². The summed E-state index contributed by atoms with van der Waals surface area (Å²) in [5, 5.41) is 6.47. The summed E-state index contributed by atoms with van der Waals surface area (Å²) in [7, 11) is -3.55. The van der Waals surface area contributed by atoms with E-state index in [9.17, 15) is 13.2 Å². The van der Waals surface area contributed by atoms with Crippen LogP contribution in [0.3, 0.4) is 0 Å². The number of benzene rings is 2. The molecule has 0 spiro atoms. The number of alkyl halides is 1. The monoisotopic (exact) mass is 696 g/mol. The smallest absolute Gasteiger partial charge is 0.233 e. The normalized spacial score (nSPS) is 15.3. The number of aryl methyl sites for hydroxylation is 1. The van der Waals surface area contributed by atoms with Crippen molar-refractivity contribution in [2.45, 2.75) is 83.1 Å². The number of likely N-dealkylation sites (tertiary alicyclic amines) is 1. The number of amides is 1. The van der Waals surface area contributed by atoms with E-state index in [0.717, 1.165) is 54.2 Å². The molecule has 2 aliphatic rings. The van der Waals surface area contributed by atoms with Gasteiger partial charge in [-0.1, -0.05) is 28.1 Å². The van der Waals surface area contributed by atoms with E-state index in [1.165, 1.54) is 5.56 Å². The number of hydrogen-bond acceptors (Lipinski definition) is 9. The number of piperidine rings is 1. The Kier molecular flexibility index (Phi) is 9.83. The van der Waals surface area contributed by atoms with Gasteiger partial charge >= 0.3 is 0 Å². The number of aliphatic imine (C=N–C) groups is 1. The van der Waals surface area contributed by atoms with Gasteiger partial charge in [-0.2, -0.15) is 4.98 Å². The van der Waals surface area contributed by atoms with Crippen molar-refractivity contribution in [3.63, 3.8) is 0 Å². The number of rotatable bonds is 10. The summed E-state index contributed by atoms with van der Waals surface area (Å²) >= 11 is 3.29. The zero-order valence-corrected chi connectivity index (χ0v) is 29.0. The van der Waals surface area contributed by atoms with Crippen LogP contribution < -0.4 is 15.4 Å². The van der Waals surface area contributed by atoms with E-state index >= 15 is 0 Å². The molecule has 1 aromatic heterocycles. The van der Waals surface area contributed by atoms with Crippen molar-refractivity contribution in [3.05, 3.63) is 58.8 Å². The molecule has 0 unspecified atom stereocenters. The van der Waals surface area contributed by atoms with Gasteiger partial charge in [0, 0.05) is 18.8 Å². The lowest BCUT2D eigenvalue weighted by atomic mass is 9.86. The van der Waals surface area contributed by atoms with Gasteiger partial charge in [-0.3, -0.25) is 9.79 Å². The number of para-hydroxylation sites is 1. The second kappa shape index (κ2) is 13.5. The van der Waals surface area contributed by atoms with Gasteiger partial charge in [0.1, 0.15) is 11.6 Å². The Morgan fingerprint density at radius 1 is 1.04 bits per heavy atom. The van der Waals surface area contributed by atoms with Gasteiger partial charge in [0.25, 0.3) is 0 Å².